The van der Waals surface area contributed by atoms with Gasteiger partial charge in [-0.25, -0.2) is 9.18 Å². The molecule has 0 radical (unpaired) electrons. The molecule has 0 bridgehead atoms. The number of hydrogen-bond acceptors (Lipinski definition) is 3. The van der Waals surface area contributed by atoms with Gasteiger partial charge in [0, 0.05) is 7.05 Å². The lowest BCUT2D eigenvalue weighted by Crippen LogP contribution is -2.45. The highest BCUT2D eigenvalue weighted by Crippen LogP contribution is 2.07. The van der Waals surface area contributed by atoms with Crippen molar-refractivity contribution in [1.82, 2.24) is 4.90 Å². The third-order valence-corrected chi connectivity index (χ3v) is 2.59. The van der Waals surface area contributed by atoms with E-state index >= 15 is 0 Å². The Morgan fingerprint density at radius 1 is 1.33 bits per heavy atom. The molecule has 0 aromatic heterocycles. The van der Waals surface area contributed by atoms with Crippen LogP contribution in [0, 0.1) is 5.82 Å². The zero-order chi connectivity index (χ0) is 13.7. The van der Waals surface area contributed by atoms with Crippen LogP contribution in [0.1, 0.15) is 5.56 Å². The molecule has 1 aromatic carbocycles. The average Bonchev–Trinajstić information content (AvgIpc) is 2.32. The summed E-state index contributed by atoms with van der Waals surface area (Å²) < 4.78 is 12.7. The number of aliphatic carboxylic acids is 1. The van der Waals surface area contributed by atoms with Crippen molar-refractivity contribution < 1.29 is 24.2 Å². The van der Waals surface area contributed by atoms with Crippen LogP contribution in [-0.4, -0.2) is 46.7 Å². The average molecular weight is 255 g/mol. The highest BCUT2D eigenvalue weighted by atomic mass is 19.1. The van der Waals surface area contributed by atoms with Gasteiger partial charge in [0.25, 0.3) is 0 Å². The van der Waals surface area contributed by atoms with Gasteiger partial charge in [-0.3, -0.25) is 4.79 Å². The molecule has 0 saturated heterocycles. The van der Waals surface area contributed by atoms with Gasteiger partial charge in [-0.2, -0.15) is 0 Å². The van der Waals surface area contributed by atoms with E-state index in [0.29, 0.717) is 5.56 Å². The number of benzene rings is 1. The van der Waals surface area contributed by atoms with Crippen LogP contribution < -0.4 is 0 Å². The first-order valence-electron chi connectivity index (χ1n) is 5.29. The SMILES string of the molecule is CN(C(=O)Cc1ccc(F)cc1)C(CO)C(=O)O. The predicted octanol–water partition coefficient (Wildman–Crippen LogP) is 0.272. The number of carboxylic acids is 1. The van der Waals surface area contributed by atoms with Crippen LogP contribution in [0.5, 0.6) is 0 Å². The molecule has 0 aliphatic rings. The molecule has 2 N–H and O–H groups in total. The fourth-order valence-electron chi connectivity index (χ4n) is 1.44. The van der Waals surface area contributed by atoms with Crippen LogP contribution in [0.15, 0.2) is 24.3 Å². The van der Waals surface area contributed by atoms with E-state index in [1.807, 2.05) is 0 Å². The summed E-state index contributed by atoms with van der Waals surface area (Å²) >= 11 is 0. The van der Waals surface area contributed by atoms with Gasteiger partial charge in [0.1, 0.15) is 5.82 Å². The molecule has 0 spiro atoms. The van der Waals surface area contributed by atoms with E-state index in [1.54, 1.807) is 0 Å². The van der Waals surface area contributed by atoms with Crippen molar-refractivity contribution in [2.45, 2.75) is 12.5 Å². The molecular formula is C12H14FNO4. The molecule has 0 saturated carbocycles. The molecule has 1 amide bonds. The standard InChI is InChI=1S/C12H14FNO4/c1-14(10(7-15)12(17)18)11(16)6-8-2-4-9(13)5-3-8/h2-5,10,15H,6-7H2,1H3,(H,17,18). The van der Waals surface area contributed by atoms with Crippen LogP contribution in [-0.2, 0) is 16.0 Å². The minimum atomic E-state index is -1.27. The Bertz CT molecular complexity index is 432. The van der Waals surface area contributed by atoms with E-state index in [0.717, 1.165) is 4.90 Å². The van der Waals surface area contributed by atoms with Crippen LogP contribution in [0.3, 0.4) is 0 Å². The number of nitrogens with zero attached hydrogens (tertiary/aromatic N) is 1. The maximum atomic E-state index is 12.7. The van der Waals surface area contributed by atoms with Crippen molar-refractivity contribution in [2.75, 3.05) is 13.7 Å². The second-order valence-electron chi connectivity index (χ2n) is 3.84. The van der Waals surface area contributed by atoms with E-state index in [2.05, 4.69) is 0 Å². The lowest BCUT2D eigenvalue weighted by molar-refractivity contribution is -0.150. The number of rotatable bonds is 5. The third-order valence-electron chi connectivity index (χ3n) is 2.59. The zero-order valence-electron chi connectivity index (χ0n) is 9.84. The Labute approximate surface area is 103 Å². The molecule has 98 valence electrons. The molecule has 0 aliphatic heterocycles. The lowest BCUT2D eigenvalue weighted by Gasteiger charge is -2.23. The van der Waals surface area contributed by atoms with Crippen LogP contribution in [0.2, 0.25) is 0 Å². The molecule has 1 unspecified atom stereocenters. The molecule has 6 heteroatoms. The monoisotopic (exact) mass is 255 g/mol. The summed E-state index contributed by atoms with van der Waals surface area (Å²) in [4.78, 5) is 23.5. The van der Waals surface area contributed by atoms with Gasteiger partial charge in [0.05, 0.1) is 13.0 Å². The lowest BCUT2D eigenvalue weighted by atomic mass is 10.1. The molecule has 5 nitrogen and oxygen atoms in total. The molecule has 0 fully saturated rings. The summed E-state index contributed by atoms with van der Waals surface area (Å²) in [5.74, 6) is -2.13. The largest absolute Gasteiger partial charge is 0.480 e. The normalized spacial score (nSPS) is 11.9. The molecular weight excluding hydrogens is 241 g/mol. The van der Waals surface area contributed by atoms with E-state index in [9.17, 15) is 14.0 Å². The number of carboxylic acid groups (broad SMARTS) is 1. The molecule has 18 heavy (non-hydrogen) atoms. The van der Waals surface area contributed by atoms with Gasteiger partial charge in [0.15, 0.2) is 6.04 Å². The van der Waals surface area contributed by atoms with Crippen molar-refractivity contribution in [3.8, 4) is 0 Å². The first-order chi connectivity index (χ1) is 8.45. The number of carbonyl (C=O) groups excluding carboxylic acids is 1. The first kappa shape index (κ1) is 14.1. The van der Waals surface area contributed by atoms with Gasteiger partial charge in [-0.05, 0) is 17.7 Å². The van der Waals surface area contributed by atoms with Gasteiger partial charge in [-0.1, -0.05) is 12.1 Å². The summed E-state index contributed by atoms with van der Waals surface area (Å²) in [6.07, 6.45) is -0.0411. The van der Waals surface area contributed by atoms with Crippen molar-refractivity contribution >= 4 is 11.9 Å². The summed E-state index contributed by atoms with van der Waals surface area (Å²) in [5.41, 5.74) is 0.579. The molecule has 1 aromatic rings. The Kier molecular flexibility index (Phi) is 4.79. The Hall–Kier alpha value is -1.95. The Morgan fingerprint density at radius 3 is 2.33 bits per heavy atom. The number of carbonyl (C=O) groups is 2. The van der Waals surface area contributed by atoms with E-state index in [-0.39, 0.29) is 6.42 Å². The van der Waals surface area contributed by atoms with Crippen molar-refractivity contribution in [2.24, 2.45) is 0 Å². The predicted molar refractivity (Wildman–Crippen MR) is 61.4 cm³/mol. The van der Waals surface area contributed by atoms with Crippen LogP contribution in [0.4, 0.5) is 4.39 Å². The minimum absolute atomic E-state index is 0.0411. The third kappa shape index (κ3) is 3.53. The van der Waals surface area contributed by atoms with Gasteiger partial charge < -0.3 is 15.1 Å². The maximum absolute atomic E-state index is 12.7. The smallest absolute Gasteiger partial charge is 0.328 e. The second-order valence-corrected chi connectivity index (χ2v) is 3.84. The fraction of sp³-hybridized carbons (Fsp3) is 0.333. The zero-order valence-corrected chi connectivity index (χ0v) is 9.84. The number of amides is 1. The second kappa shape index (κ2) is 6.11. The summed E-state index contributed by atoms with van der Waals surface area (Å²) in [6.45, 7) is -0.652. The summed E-state index contributed by atoms with van der Waals surface area (Å²) in [7, 11) is 1.31. The Morgan fingerprint density at radius 2 is 1.89 bits per heavy atom. The number of halogens is 1. The topological polar surface area (TPSA) is 77.8 Å². The summed E-state index contributed by atoms with van der Waals surface area (Å²) in [6, 6.07) is 4.09. The number of likely N-dealkylation sites (N-methyl/N-ethyl adjacent to an activating group) is 1. The Balaban J connectivity index is 2.70. The molecule has 0 aliphatic carbocycles. The minimum Gasteiger partial charge on any atom is -0.480 e. The van der Waals surface area contributed by atoms with Crippen molar-refractivity contribution in [1.29, 1.82) is 0 Å². The number of aliphatic hydroxyl groups excluding tert-OH is 1. The molecule has 1 atom stereocenters. The number of aliphatic hydroxyl groups is 1. The van der Waals surface area contributed by atoms with Gasteiger partial charge in [-0.15, -0.1) is 0 Å². The first-order valence-corrected chi connectivity index (χ1v) is 5.29. The van der Waals surface area contributed by atoms with E-state index in [4.69, 9.17) is 10.2 Å². The maximum Gasteiger partial charge on any atom is 0.328 e. The van der Waals surface area contributed by atoms with Crippen molar-refractivity contribution in [3.63, 3.8) is 0 Å². The van der Waals surface area contributed by atoms with Gasteiger partial charge >= 0.3 is 5.97 Å². The van der Waals surface area contributed by atoms with E-state index in [1.165, 1.54) is 31.3 Å². The quantitative estimate of drug-likeness (QED) is 0.791. The van der Waals surface area contributed by atoms with Crippen LogP contribution >= 0.6 is 0 Å². The van der Waals surface area contributed by atoms with E-state index < -0.39 is 30.3 Å². The van der Waals surface area contributed by atoms with Gasteiger partial charge in [0.2, 0.25) is 5.91 Å². The number of hydrogen-bond donors (Lipinski definition) is 2. The molecule has 0 heterocycles. The highest BCUT2D eigenvalue weighted by molar-refractivity contribution is 5.84. The van der Waals surface area contributed by atoms with Crippen LogP contribution in [0.25, 0.3) is 0 Å². The fourth-order valence-corrected chi connectivity index (χ4v) is 1.44. The highest BCUT2D eigenvalue weighted by Gasteiger charge is 2.25. The molecule has 1 rings (SSSR count). The summed E-state index contributed by atoms with van der Waals surface area (Å²) in [5, 5.41) is 17.7. The van der Waals surface area contributed by atoms with Crippen molar-refractivity contribution in [3.05, 3.63) is 35.6 Å².